The average molecular weight is 366 g/mol. The number of ether oxygens (including phenoxy) is 2. The number of rotatable bonds is 11. The molecule has 2 aromatic rings. The number of ketones is 1. The van der Waals surface area contributed by atoms with Crippen LogP contribution in [-0.2, 0) is 19.1 Å². The number of unbranched alkanes of at least 4 members (excludes halogenated alkanes) is 1. The first-order chi connectivity index (χ1) is 13.2. The van der Waals surface area contributed by atoms with Crippen LogP contribution in [0.5, 0.6) is 0 Å². The SMILES string of the molecule is CC(=O)CC(=O)OCCCCOCC=C(c1ccccc1)c1ccccc1. The first-order valence-electron chi connectivity index (χ1n) is 9.20. The fourth-order valence-corrected chi connectivity index (χ4v) is 2.61. The number of hydrogen-bond acceptors (Lipinski definition) is 4. The van der Waals surface area contributed by atoms with Gasteiger partial charge in [0, 0.05) is 6.61 Å². The van der Waals surface area contributed by atoms with Crippen LogP contribution in [0.3, 0.4) is 0 Å². The molecule has 0 spiro atoms. The third-order valence-electron chi connectivity index (χ3n) is 3.91. The largest absolute Gasteiger partial charge is 0.465 e. The van der Waals surface area contributed by atoms with Crippen molar-refractivity contribution in [1.82, 2.24) is 0 Å². The lowest BCUT2D eigenvalue weighted by Gasteiger charge is -2.09. The molecular formula is C23H26O4. The summed E-state index contributed by atoms with van der Waals surface area (Å²) in [4.78, 5) is 22.0. The fourth-order valence-electron chi connectivity index (χ4n) is 2.61. The molecule has 4 heteroatoms. The number of hydrogen-bond donors (Lipinski definition) is 0. The minimum Gasteiger partial charge on any atom is -0.465 e. The summed E-state index contributed by atoms with van der Waals surface area (Å²) in [6.45, 7) is 2.81. The van der Waals surface area contributed by atoms with E-state index in [-0.39, 0.29) is 12.2 Å². The molecule has 0 bridgehead atoms. The molecule has 0 amide bonds. The summed E-state index contributed by atoms with van der Waals surface area (Å²) < 4.78 is 10.7. The molecule has 2 rings (SSSR count). The second-order valence-electron chi connectivity index (χ2n) is 6.23. The van der Waals surface area contributed by atoms with Gasteiger partial charge in [-0.15, -0.1) is 0 Å². The summed E-state index contributed by atoms with van der Waals surface area (Å²) in [7, 11) is 0. The van der Waals surface area contributed by atoms with Crippen LogP contribution < -0.4 is 0 Å². The average Bonchev–Trinajstić information content (AvgIpc) is 2.67. The van der Waals surface area contributed by atoms with Crippen LogP contribution >= 0.6 is 0 Å². The molecule has 0 atom stereocenters. The zero-order valence-electron chi connectivity index (χ0n) is 15.7. The molecule has 142 valence electrons. The van der Waals surface area contributed by atoms with Crippen LogP contribution in [-0.4, -0.2) is 31.6 Å². The van der Waals surface area contributed by atoms with Crippen LogP contribution in [0.2, 0.25) is 0 Å². The normalized spacial score (nSPS) is 10.3. The van der Waals surface area contributed by atoms with E-state index in [1.54, 1.807) is 0 Å². The van der Waals surface area contributed by atoms with Gasteiger partial charge in [0.2, 0.25) is 0 Å². The monoisotopic (exact) mass is 366 g/mol. The molecule has 0 aliphatic rings. The Balaban J connectivity index is 1.76. The second-order valence-corrected chi connectivity index (χ2v) is 6.23. The number of carbonyl (C=O) groups is 2. The van der Waals surface area contributed by atoms with Crippen molar-refractivity contribution >= 4 is 17.3 Å². The van der Waals surface area contributed by atoms with Crippen molar-refractivity contribution in [3.05, 3.63) is 77.9 Å². The van der Waals surface area contributed by atoms with Gasteiger partial charge in [0.05, 0.1) is 13.2 Å². The Kier molecular flexibility index (Phi) is 9.01. The van der Waals surface area contributed by atoms with E-state index in [4.69, 9.17) is 9.47 Å². The fraction of sp³-hybridized carbons (Fsp3) is 0.304. The summed E-state index contributed by atoms with van der Waals surface area (Å²) in [5.41, 5.74) is 3.46. The highest BCUT2D eigenvalue weighted by Crippen LogP contribution is 2.22. The Morgan fingerprint density at radius 2 is 1.41 bits per heavy atom. The molecule has 2 aromatic carbocycles. The minimum absolute atomic E-state index is 0.150. The predicted molar refractivity (Wildman–Crippen MR) is 106 cm³/mol. The molecule has 0 aliphatic carbocycles. The van der Waals surface area contributed by atoms with Gasteiger partial charge in [0.1, 0.15) is 12.2 Å². The molecule has 4 nitrogen and oxygen atoms in total. The molecular weight excluding hydrogens is 340 g/mol. The van der Waals surface area contributed by atoms with Gasteiger partial charge < -0.3 is 9.47 Å². The molecule has 0 saturated carbocycles. The summed E-state index contributed by atoms with van der Waals surface area (Å²) in [5.74, 6) is -0.635. The lowest BCUT2D eigenvalue weighted by molar-refractivity contribution is -0.145. The Bertz CT molecular complexity index is 694. The van der Waals surface area contributed by atoms with Crippen molar-refractivity contribution < 1.29 is 19.1 Å². The maximum absolute atomic E-state index is 11.3. The van der Waals surface area contributed by atoms with E-state index in [2.05, 4.69) is 30.3 Å². The second kappa shape index (κ2) is 11.8. The van der Waals surface area contributed by atoms with Crippen molar-refractivity contribution in [3.8, 4) is 0 Å². The smallest absolute Gasteiger partial charge is 0.313 e. The highest BCUT2D eigenvalue weighted by atomic mass is 16.5. The van der Waals surface area contributed by atoms with Crippen molar-refractivity contribution in [2.24, 2.45) is 0 Å². The number of carbonyl (C=O) groups excluding carboxylic acids is 2. The third kappa shape index (κ3) is 8.01. The molecule has 0 aliphatic heterocycles. The molecule has 0 saturated heterocycles. The number of Topliss-reactive ketones (excluding diaryl/α,β-unsaturated/α-hetero) is 1. The Hall–Kier alpha value is -2.72. The van der Waals surface area contributed by atoms with Gasteiger partial charge in [-0.3, -0.25) is 9.59 Å². The van der Waals surface area contributed by atoms with Gasteiger partial charge in [0.15, 0.2) is 0 Å². The molecule has 0 heterocycles. The van der Waals surface area contributed by atoms with Crippen LogP contribution in [0.15, 0.2) is 66.7 Å². The zero-order chi connectivity index (χ0) is 19.3. The first kappa shape index (κ1) is 20.6. The van der Waals surface area contributed by atoms with Gasteiger partial charge in [-0.2, -0.15) is 0 Å². The van der Waals surface area contributed by atoms with Crippen LogP contribution in [0.1, 0.15) is 37.3 Å². The summed E-state index contributed by atoms with van der Waals surface area (Å²) in [6, 6.07) is 20.5. The van der Waals surface area contributed by atoms with Gasteiger partial charge in [-0.05, 0) is 36.5 Å². The summed E-state index contributed by atoms with van der Waals surface area (Å²) in [5, 5.41) is 0. The van der Waals surface area contributed by atoms with Crippen molar-refractivity contribution in [2.75, 3.05) is 19.8 Å². The van der Waals surface area contributed by atoms with Crippen LogP contribution in [0, 0.1) is 0 Å². The van der Waals surface area contributed by atoms with Crippen molar-refractivity contribution in [1.29, 1.82) is 0 Å². The van der Waals surface area contributed by atoms with E-state index in [1.165, 1.54) is 6.92 Å². The van der Waals surface area contributed by atoms with Crippen LogP contribution in [0.4, 0.5) is 0 Å². The molecule has 0 fully saturated rings. The summed E-state index contributed by atoms with van der Waals surface area (Å²) in [6.07, 6.45) is 3.46. The highest BCUT2D eigenvalue weighted by molar-refractivity contribution is 5.94. The number of esters is 1. The van der Waals surface area contributed by atoms with E-state index in [9.17, 15) is 9.59 Å². The minimum atomic E-state index is -0.457. The lowest BCUT2D eigenvalue weighted by Crippen LogP contribution is -2.10. The van der Waals surface area contributed by atoms with E-state index in [0.29, 0.717) is 19.8 Å². The number of benzene rings is 2. The topological polar surface area (TPSA) is 52.6 Å². The third-order valence-corrected chi connectivity index (χ3v) is 3.91. The standard InChI is InChI=1S/C23H26O4/c1-19(24)18-23(25)27-16-9-8-15-26-17-14-22(20-10-4-2-5-11-20)21-12-6-3-7-13-21/h2-7,10-14H,8-9,15-18H2,1H3. The van der Waals surface area contributed by atoms with Crippen molar-refractivity contribution in [2.45, 2.75) is 26.2 Å². The first-order valence-corrected chi connectivity index (χ1v) is 9.20. The maximum atomic E-state index is 11.3. The van der Waals surface area contributed by atoms with E-state index in [1.807, 2.05) is 36.4 Å². The molecule has 0 radical (unpaired) electrons. The molecule has 0 aromatic heterocycles. The lowest BCUT2D eigenvalue weighted by atomic mass is 9.98. The highest BCUT2D eigenvalue weighted by Gasteiger charge is 2.06. The predicted octanol–water partition coefficient (Wildman–Crippen LogP) is 4.44. The molecule has 27 heavy (non-hydrogen) atoms. The van der Waals surface area contributed by atoms with Crippen molar-refractivity contribution in [3.63, 3.8) is 0 Å². The van der Waals surface area contributed by atoms with Gasteiger partial charge in [-0.1, -0.05) is 66.7 Å². The van der Waals surface area contributed by atoms with Gasteiger partial charge in [-0.25, -0.2) is 0 Å². The zero-order valence-corrected chi connectivity index (χ0v) is 15.7. The molecule has 0 unspecified atom stereocenters. The van der Waals surface area contributed by atoms with E-state index in [0.717, 1.165) is 29.5 Å². The van der Waals surface area contributed by atoms with Gasteiger partial charge in [0.25, 0.3) is 0 Å². The van der Waals surface area contributed by atoms with E-state index < -0.39 is 5.97 Å². The van der Waals surface area contributed by atoms with Gasteiger partial charge >= 0.3 is 5.97 Å². The Morgan fingerprint density at radius 3 is 1.96 bits per heavy atom. The quantitative estimate of drug-likeness (QED) is 0.335. The van der Waals surface area contributed by atoms with E-state index >= 15 is 0 Å². The maximum Gasteiger partial charge on any atom is 0.313 e. The Morgan fingerprint density at radius 1 is 0.852 bits per heavy atom. The molecule has 0 N–H and O–H groups in total. The van der Waals surface area contributed by atoms with Crippen LogP contribution in [0.25, 0.3) is 5.57 Å². The Labute approximate surface area is 160 Å². The summed E-state index contributed by atoms with van der Waals surface area (Å²) >= 11 is 0.